The Labute approximate surface area is 116 Å². The summed E-state index contributed by atoms with van der Waals surface area (Å²) in [6.45, 7) is 7.72. The molecule has 3 nitrogen and oxygen atoms in total. The van der Waals surface area contributed by atoms with Crippen molar-refractivity contribution in [2.24, 2.45) is 11.8 Å². The smallest absolute Gasteiger partial charge is 0.225 e. The molecule has 1 heterocycles. The van der Waals surface area contributed by atoms with Gasteiger partial charge in [-0.25, -0.2) is 0 Å². The van der Waals surface area contributed by atoms with Crippen molar-refractivity contribution < 1.29 is 4.79 Å². The van der Waals surface area contributed by atoms with Crippen molar-refractivity contribution in [3.05, 3.63) is 30.3 Å². The second kappa shape index (κ2) is 6.71. The first kappa shape index (κ1) is 14.1. The van der Waals surface area contributed by atoms with Gasteiger partial charge in [-0.3, -0.25) is 4.79 Å². The molecule has 3 heteroatoms. The van der Waals surface area contributed by atoms with Crippen LogP contribution < -0.4 is 5.32 Å². The largest absolute Gasteiger partial charge is 0.326 e. The van der Waals surface area contributed by atoms with Crippen LogP contribution >= 0.6 is 0 Å². The van der Waals surface area contributed by atoms with Crippen molar-refractivity contribution >= 4 is 11.6 Å². The first-order valence-corrected chi connectivity index (χ1v) is 7.20. The van der Waals surface area contributed by atoms with Gasteiger partial charge < -0.3 is 10.2 Å². The highest BCUT2D eigenvalue weighted by molar-refractivity contribution is 5.90. The van der Waals surface area contributed by atoms with Crippen molar-refractivity contribution in [3.8, 4) is 0 Å². The van der Waals surface area contributed by atoms with Gasteiger partial charge in [0.05, 0.1) is 0 Å². The summed E-state index contributed by atoms with van der Waals surface area (Å²) in [6.07, 6.45) is 1.89. The minimum absolute atomic E-state index is 0.108. The minimum atomic E-state index is 0.108. The molecule has 0 spiro atoms. The van der Waals surface area contributed by atoms with E-state index in [1.807, 2.05) is 30.3 Å². The predicted molar refractivity (Wildman–Crippen MR) is 79.1 cm³/mol. The lowest BCUT2D eigenvalue weighted by Crippen LogP contribution is -2.40. The van der Waals surface area contributed by atoms with Crippen molar-refractivity contribution in [2.45, 2.75) is 26.7 Å². The number of amides is 1. The Morgan fingerprint density at radius 2 is 1.84 bits per heavy atom. The summed E-state index contributed by atoms with van der Waals surface area (Å²) in [7, 11) is 0. The van der Waals surface area contributed by atoms with E-state index in [2.05, 4.69) is 24.1 Å². The van der Waals surface area contributed by atoms with E-state index in [1.54, 1.807) is 0 Å². The second-order valence-electron chi connectivity index (χ2n) is 5.87. The number of carbonyl (C=O) groups excluding carboxylic acids is 1. The molecule has 2 rings (SSSR count). The second-order valence-corrected chi connectivity index (χ2v) is 5.87. The van der Waals surface area contributed by atoms with E-state index in [1.165, 1.54) is 6.42 Å². The topological polar surface area (TPSA) is 32.3 Å². The third kappa shape index (κ3) is 4.67. The molecule has 1 aromatic carbocycles. The molecule has 1 aliphatic heterocycles. The Bertz CT molecular complexity index is 394. The number of carbonyl (C=O) groups is 1. The lowest BCUT2D eigenvalue weighted by Gasteiger charge is -2.34. The first-order chi connectivity index (χ1) is 9.13. The van der Waals surface area contributed by atoms with Gasteiger partial charge in [0.15, 0.2) is 0 Å². The van der Waals surface area contributed by atoms with Gasteiger partial charge in [0.2, 0.25) is 5.91 Å². The van der Waals surface area contributed by atoms with Gasteiger partial charge in [-0.15, -0.1) is 0 Å². The molecule has 0 saturated carbocycles. The summed E-state index contributed by atoms with van der Waals surface area (Å²) in [4.78, 5) is 14.3. The molecule has 0 bridgehead atoms. The Balaban J connectivity index is 1.74. The fraction of sp³-hybridized carbons (Fsp3) is 0.562. The number of anilines is 1. The summed E-state index contributed by atoms with van der Waals surface area (Å²) < 4.78 is 0. The molecule has 19 heavy (non-hydrogen) atoms. The van der Waals surface area contributed by atoms with E-state index in [4.69, 9.17) is 0 Å². The zero-order valence-corrected chi connectivity index (χ0v) is 11.9. The van der Waals surface area contributed by atoms with E-state index >= 15 is 0 Å². The van der Waals surface area contributed by atoms with Gasteiger partial charge in [0.25, 0.3) is 0 Å². The maximum Gasteiger partial charge on any atom is 0.225 e. The molecule has 1 aliphatic rings. The monoisotopic (exact) mass is 260 g/mol. The number of nitrogens with zero attached hydrogens (tertiary/aromatic N) is 1. The molecular weight excluding hydrogens is 236 g/mol. The molecule has 0 aliphatic carbocycles. The Hall–Kier alpha value is -1.35. The maximum absolute atomic E-state index is 11.9. The Morgan fingerprint density at radius 3 is 2.47 bits per heavy atom. The fourth-order valence-electron chi connectivity index (χ4n) is 2.98. The van der Waals surface area contributed by atoms with Crippen molar-refractivity contribution in [2.75, 3.05) is 25.0 Å². The van der Waals surface area contributed by atoms with Gasteiger partial charge >= 0.3 is 0 Å². The normalized spacial score (nSPS) is 24.1. The fourth-order valence-corrected chi connectivity index (χ4v) is 2.98. The number of hydrogen-bond donors (Lipinski definition) is 1. The van der Waals surface area contributed by atoms with Crippen LogP contribution in [0, 0.1) is 11.8 Å². The third-order valence-corrected chi connectivity index (χ3v) is 3.66. The number of nitrogens with one attached hydrogen (secondary N) is 1. The van der Waals surface area contributed by atoms with Crippen LogP contribution in [-0.2, 0) is 4.79 Å². The highest BCUT2D eigenvalue weighted by Crippen LogP contribution is 2.20. The SMILES string of the molecule is C[C@@H]1C[C@@H](C)CN(CCC(=O)Nc2ccccc2)C1. The molecule has 0 aromatic heterocycles. The number of benzene rings is 1. The van der Waals surface area contributed by atoms with Crippen molar-refractivity contribution in [1.29, 1.82) is 0 Å². The molecule has 1 amide bonds. The summed E-state index contributed by atoms with van der Waals surface area (Å²) in [5, 5.41) is 2.94. The number of rotatable bonds is 4. The summed E-state index contributed by atoms with van der Waals surface area (Å²) in [6, 6.07) is 9.66. The first-order valence-electron chi connectivity index (χ1n) is 7.20. The van der Waals surface area contributed by atoms with E-state index in [-0.39, 0.29) is 5.91 Å². The summed E-state index contributed by atoms with van der Waals surface area (Å²) >= 11 is 0. The average molecular weight is 260 g/mol. The van der Waals surface area contributed by atoms with Gasteiger partial charge in [-0.05, 0) is 30.4 Å². The molecule has 0 radical (unpaired) electrons. The molecule has 1 fully saturated rings. The molecule has 1 saturated heterocycles. The van der Waals surface area contributed by atoms with E-state index < -0.39 is 0 Å². The number of hydrogen-bond acceptors (Lipinski definition) is 2. The number of likely N-dealkylation sites (tertiary alicyclic amines) is 1. The molecule has 2 atom stereocenters. The van der Waals surface area contributed by atoms with Crippen LogP contribution in [0.4, 0.5) is 5.69 Å². The predicted octanol–water partition coefficient (Wildman–Crippen LogP) is 2.99. The molecule has 1 N–H and O–H groups in total. The van der Waals surface area contributed by atoms with Crippen LogP contribution in [0.2, 0.25) is 0 Å². The van der Waals surface area contributed by atoms with Gasteiger partial charge in [-0.2, -0.15) is 0 Å². The van der Waals surface area contributed by atoms with E-state index in [9.17, 15) is 4.79 Å². The quantitative estimate of drug-likeness (QED) is 0.902. The standard InChI is InChI=1S/C16H24N2O/c1-13-10-14(2)12-18(11-13)9-8-16(19)17-15-6-4-3-5-7-15/h3-7,13-14H,8-12H2,1-2H3,(H,17,19)/t13-,14-/m1/s1. The number of piperidine rings is 1. The van der Waals surface area contributed by atoms with Crippen molar-refractivity contribution in [3.63, 3.8) is 0 Å². The minimum Gasteiger partial charge on any atom is -0.326 e. The zero-order chi connectivity index (χ0) is 13.7. The Kier molecular flexibility index (Phi) is 4.97. The lowest BCUT2D eigenvalue weighted by atomic mass is 9.92. The summed E-state index contributed by atoms with van der Waals surface area (Å²) in [5.41, 5.74) is 0.882. The van der Waals surface area contributed by atoms with Crippen LogP contribution in [0.25, 0.3) is 0 Å². The van der Waals surface area contributed by atoms with Crippen LogP contribution in [0.3, 0.4) is 0 Å². The zero-order valence-electron chi connectivity index (χ0n) is 11.9. The lowest BCUT2D eigenvalue weighted by molar-refractivity contribution is -0.116. The Morgan fingerprint density at radius 1 is 1.21 bits per heavy atom. The number of para-hydroxylation sites is 1. The highest BCUT2D eigenvalue weighted by atomic mass is 16.1. The van der Waals surface area contributed by atoms with Crippen LogP contribution in [0.1, 0.15) is 26.7 Å². The third-order valence-electron chi connectivity index (χ3n) is 3.66. The molecule has 0 unspecified atom stereocenters. The van der Waals surface area contributed by atoms with E-state index in [0.717, 1.165) is 37.2 Å². The van der Waals surface area contributed by atoms with E-state index in [0.29, 0.717) is 6.42 Å². The summed E-state index contributed by atoms with van der Waals surface area (Å²) in [5.74, 6) is 1.61. The molecular formula is C16H24N2O. The molecule has 104 valence electrons. The maximum atomic E-state index is 11.9. The average Bonchev–Trinajstić information content (AvgIpc) is 2.36. The van der Waals surface area contributed by atoms with Crippen molar-refractivity contribution in [1.82, 2.24) is 4.90 Å². The van der Waals surface area contributed by atoms with Gasteiger partial charge in [-0.1, -0.05) is 32.0 Å². The van der Waals surface area contributed by atoms with Gasteiger partial charge in [0, 0.05) is 31.7 Å². The highest BCUT2D eigenvalue weighted by Gasteiger charge is 2.21. The van der Waals surface area contributed by atoms with Gasteiger partial charge in [0.1, 0.15) is 0 Å². The van der Waals surface area contributed by atoms with Crippen LogP contribution in [0.5, 0.6) is 0 Å². The van der Waals surface area contributed by atoms with Crippen LogP contribution in [0.15, 0.2) is 30.3 Å². The van der Waals surface area contributed by atoms with Crippen LogP contribution in [-0.4, -0.2) is 30.4 Å². The molecule has 1 aromatic rings.